The maximum atomic E-state index is 9.89. The molecule has 3 rings (SSSR count). The van der Waals surface area contributed by atoms with Gasteiger partial charge in [0.25, 0.3) is 0 Å². The number of para-hydroxylation sites is 1. The Hall–Kier alpha value is -1.02. The third-order valence-corrected chi connectivity index (χ3v) is 3.84. The molecule has 0 bridgehead atoms. The molecule has 2 nitrogen and oxygen atoms in total. The molecule has 1 aromatic carbocycles. The van der Waals surface area contributed by atoms with E-state index in [0.717, 1.165) is 18.9 Å². The normalized spacial score (nSPS) is 25.6. The van der Waals surface area contributed by atoms with E-state index in [9.17, 15) is 5.11 Å². The van der Waals surface area contributed by atoms with Crippen LogP contribution in [-0.2, 0) is 6.42 Å². The second-order valence-corrected chi connectivity index (χ2v) is 5.24. The Labute approximate surface area is 96.9 Å². The molecule has 1 aliphatic heterocycles. The summed E-state index contributed by atoms with van der Waals surface area (Å²) < 4.78 is 0. The van der Waals surface area contributed by atoms with Crippen LogP contribution in [0.1, 0.15) is 25.3 Å². The van der Waals surface area contributed by atoms with Gasteiger partial charge in [0.05, 0.1) is 12.1 Å². The molecule has 2 aliphatic rings. The number of aliphatic hydroxyl groups is 1. The lowest BCUT2D eigenvalue weighted by atomic mass is 10.1. The molecule has 2 heteroatoms. The molecule has 1 N–H and O–H groups in total. The summed E-state index contributed by atoms with van der Waals surface area (Å²) >= 11 is 0. The molecular formula is C14H19NO. The topological polar surface area (TPSA) is 23.5 Å². The predicted molar refractivity (Wildman–Crippen MR) is 65.7 cm³/mol. The van der Waals surface area contributed by atoms with Crippen molar-refractivity contribution in [3.05, 3.63) is 29.8 Å². The average Bonchev–Trinajstić information content (AvgIpc) is 3.00. The molecule has 86 valence electrons. The van der Waals surface area contributed by atoms with Crippen LogP contribution in [0.2, 0.25) is 0 Å². The highest BCUT2D eigenvalue weighted by Gasteiger charge is 2.35. The zero-order valence-electron chi connectivity index (χ0n) is 9.76. The number of rotatable bonds is 3. The highest BCUT2D eigenvalue weighted by Crippen LogP contribution is 2.38. The Morgan fingerprint density at radius 2 is 2.12 bits per heavy atom. The van der Waals surface area contributed by atoms with Gasteiger partial charge in [-0.25, -0.2) is 0 Å². The molecule has 2 atom stereocenters. The van der Waals surface area contributed by atoms with Crippen molar-refractivity contribution >= 4 is 5.69 Å². The third kappa shape index (κ3) is 1.71. The molecule has 1 aliphatic carbocycles. The van der Waals surface area contributed by atoms with Gasteiger partial charge < -0.3 is 10.0 Å². The van der Waals surface area contributed by atoms with Crippen molar-refractivity contribution in [2.24, 2.45) is 5.92 Å². The summed E-state index contributed by atoms with van der Waals surface area (Å²) in [5.41, 5.74) is 2.74. The summed E-state index contributed by atoms with van der Waals surface area (Å²) in [6.45, 7) is 3.04. The minimum Gasteiger partial charge on any atom is -0.391 e. The Morgan fingerprint density at radius 1 is 1.38 bits per heavy atom. The zero-order valence-corrected chi connectivity index (χ0v) is 9.76. The van der Waals surface area contributed by atoms with Crippen molar-refractivity contribution in [1.29, 1.82) is 0 Å². The molecular weight excluding hydrogens is 198 g/mol. The van der Waals surface area contributed by atoms with Crippen LogP contribution in [0.5, 0.6) is 0 Å². The second-order valence-electron chi connectivity index (χ2n) is 5.24. The van der Waals surface area contributed by atoms with Gasteiger partial charge in [-0.3, -0.25) is 0 Å². The molecule has 1 fully saturated rings. The first kappa shape index (κ1) is 10.2. The van der Waals surface area contributed by atoms with E-state index < -0.39 is 0 Å². The standard InChI is InChI=1S/C14H19NO/c1-10(16)14-8-12-4-2-3-5-13(12)15(14)9-11-6-7-11/h2-5,10-11,14,16H,6-9H2,1H3. The Kier molecular flexibility index (Phi) is 2.40. The second kappa shape index (κ2) is 3.77. The van der Waals surface area contributed by atoms with Crippen LogP contribution >= 0.6 is 0 Å². The van der Waals surface area contributed by atoms with Crippen LogP contribution in [0, 0.1) is 5.92 Å². The van der Waals surface area contributed by atoms with Crippen LogP contribution in [0.25, 0.3) is 0 Å². The highest BCUT2D eigenvalue weighted by molar-refractivity contribution is 5.59. The fraction of sp³-hybridized carbons (Fsp3) is 0.571. The lowest BCUT2D eigenvalue weighted by Gasteiger charge is -2.29. The molecule has 1 heterocycles. The first-order chi connectivity index (χ1) is 7.75. The third-order valence-electron chi connectivity index (χ3n) is 3.84. The summed E-state index contributed by atoms with van der Waals surface area (Å²) in [5.74, 6) is 0.868. The summed E-state index contributed by atoms with van der Waals surface area (Å²) in [4.78, 5) is 2.43. The van der Waals surface area contributed by atoms with E-state index in [1.807, 2.05) is 6.92 Å². The minimum atomic E-state index is -0.244. The maximum absolute atomic E-state index is 9.89. The summed E-state index contributed by atoms with van der Waals surface area (Å²) in [7, 11) is 0. The molecule has 0 spiro atoms. The first-order valence-electron chi connectivity index (χ1n) is 6.28. The van der Waals surface area contributed by atoms with Gasteiger partial charge in [0.1, 0.15) is 0 Å². The quantitative estimate of drug-likeness (QED) is 0.839. The lowest BCUT2D eigenvalue weighted by molar-refractivity contribution is 0.161. The summed E-state index contributed by atoms with van der Waals surface area (Å²) in [6, 6.07) is 8.87. The Bertz CT molecular complexity index is 384. The minimum absolute atomic E-state index is 0.244. The van der Waals surface area contributed by atoms with E-state index >= 15 is 0 Å². The number of fused-ring (bicyclic) bond motifs is 1. The largest absolute Gasteiger partial charge is 0.391 e. The first-order valence-corrected chi connectivity index (χ1v) is 6.28. The molecule has 0 amide bonds. The number of anilines is 1. The smallest absolute Gasteiger partial charge is 0.0718 e. The van der Waals surface area contributed by atoms with Crippen LogP contribution < -0.4 is 4.90 Å². The van der Waals surface area contributed by atoms with Gasteiger partial charge in [0.2, 0.25) is 0 Å². The highest BCUT2D eigenvalue weighted by atomic mass is 16.3. The van der Waals surface area contributed by atoms with E-state index in [2.05, 4.69) is 29.2 Å². The molecule has 0 aromatic heterocycles. The SMILES string of the molecule is CC(O)C1Cc2ccccc2N1CC1CC1. The van der Waals surface area contributed by atoms with Crippen molar-refractivity contribution in [3.8, 4) is 0 Å². The van der Waals surface area contributed by atoms with Gasteiger partial charge in [0.15, 0.2) is 0 Å². The van der Waals surface area contributed by atoms with E-state index in [-0.39, 0.29) is 12.1 Å². The van der Waals surface area contributed by atoms with Crippen LogP contribution in [0.4, 0.5) is 5.69 Å². The fourth-order valence-electron chi connectivity index (χ4n) is 2.72. The lowest BCUT2D eigenvalue weighted by Crippen LogP contribution is -2.41. The van der Waals surface area contributed by atoms with Gasteiger partial charge in [-0.2, -0.15) is 0 Å². The van der Waals surface area contributed by atoms with E-state index in [1.165, 1.54) is 24.1 Å². The maximum Gasteiger partial charge on any atom is 0.0718 e. The Balaban J connectivity index is 1.89. The van der Waals surface area contributed by atoms with Crippen LogP contribution in [-0.4, -0.2) is 23.8 Å². The molecule has 0 saturated heterocycles. The van der Waals surface area contributed by atoms with E-state index in [4.69, 9.17) is 0 Å². The monoisotopic (exact) mass is 217 g/mol. The van der Waals surface area contributed by atoms with Gasteiger partial charge in [-0.15, -0.1) is 0 Å². The Morgan fingerprint density at radius 3 is 2.81 bits per heavy atom. The molecule has 2 unspecified atom stereocenters. The fourth-order valence-corrected chi connectivity index (χ4v) is 2.72. The molecule has 16 heavy (non-hydrogen) atoms. The summed E-state index contributed by atoms with van der Waals surface area (Å²) in [5, 5.41) is 9.89. The van der Waals surface area contributed by atoms with Crippen molar-refractivity contribution < 1.29 is 5.11 Å². The van der Waals surface area contributed by atoms with Crippen molar-refractivity contribution in [2.45, 2.75) is 38.3 Å². The van der Waals surface area contributed by atoms with Crippen LogP contribution in [0.3, 0.4) is 0 Å². The number of benzene rings is 1. The number of aliphatic hydroxyl groups excluding tert-OH is 1. The summed E-state index contributed by atoms with van der Waals surface area (Å²) in [6.07, 6.45) is 3.49. The number of nitrogens with zero attached hydrogens (tertiary/aromatic N) is 1. The van der Waals surface area contributed by atoms with E-state index in [0.29, 0.717) is 0 Å². The van der Waals surface area contributed by atoms with E-state index in [1.54, 1.807) is 0 Å². The van der Waals surface area contributed by atoms with Crippen molar-refractivity contribution in [2.75, 3.05) is 11.4 Å². The van der Waals surface area contributed by atoms with Crippen molar-refractivity contribution in [1.82, 2.24) is 0 Å². The predicted octanol–water partition coefficient (Wildman–Crippen LogP) is 2.21. The number of hydrogen-bond acceptors (Lipinski definition) is 2. The molecule has 1 aromatic rings. The number of hydrogen-bond donors (Lipinski definition) is 1. The molecule has 1 saturated carbocycles. The zero-order chi connectivity index (χ0) is 11.1. The van der Waals surface area contributed by atoms with Gasteiger partial charge in [-0.05, 0) is 43.7 Å². The average molecular weight is 217 g/mol. The van der Waals surface area contributed by atoms with Gasteiger partial charge >= 0.3 is 0 Å². The van der Waals surface area contributed by atoms with Gasteiger partial charge in [-0.1, -0.05) is 18.2 Å². The van der Waals surface area contributed by atoms with Gasteiger partial charge in [0, 0.05) is 12.2 Å². The van der Waals surface area contributed by atoms with Crippen molar-refractivity contribution in [3.63, 3.8) is 0 Å². The van der Waals surface area contributed by atoms with Crippen LogP contribution in [0.15, 0.2) is 24.3 Å². The molecule has 0 radical (unpaired) electrons.